The van der Waals surface area contributed by atoms with Crippen LogP contribution in [0.5, 0.6) is 5.75 Å². The first kappa shape index (κ1) is 28.1. The molecular formula is C29H28N4O6S. The van der Waals surface area contributed by atoms with Crippen LogP contribution in [-0.2, 0) is 27.9 Å². The fraction of sp³-hybridized carbons (Fsp3) is 0.138. The minimum absolute atomic E-state index is 0.137. The summed E-state index contributed by atoms with van der Waals surface area (Å²) < 4.78 is 36.6. The molecule has 0 atom stereocenters. The molecular weight excluding hydrogens is 532 g/mol. The molecule has 0 radical (unpaired) electrons. The number of nitrogens with one attached hydrogen (secondary N) is 2. The highest BCUT2D eigenvalue weighted by Crippen LogP contribution is 2.20. The van der Waals surface area contributed by atoms with Crippen molar-refractivity contribution in [3.63, 3.8) is 0 Å². The van der Waals surface area contributed by atoms with Gasteiger partial charge in [-0.05, 0) is 71.8 Å². The summed E-state index contributed by atoms with van der Waals surface area (Å²) in [5.41, 5.74) is 4.85. The van der Waals surface area contributed by atoms with Gasteiger partial charge in [0, 0.05) is 5.56 Å². The first-order valence-electron chi connectivity index (χ1n) is 12.2. The van der Waals surface area contributed by atoms with Gasteiger partial charge in [-0.2, -0.15) is 5.10 Å². The highest BCUT2D eigenvalue weighted by molar-refractivity contribution is 7.92. The Morgan fingerprint density at radius 2 is 1.68 bits per heavy atom. The van der Waals surface area contributed by atoms with Crippen LogP contribution < -0.4 is 19.8 Å². The minimum Gasteiger partial charge on any atom is -0.484 e. The number of ether oxygens (including phenoxy) is 1. The van der Waals surface area contributed by atoms with Gasteiger partial charge in [-0.15, -0.1) is 0 Å². The van der Waals surface area contributed by atoms with Crippen LogP contribution in [0.2, 0.25) is 0 Å². The maximum Gasteiger partial charge on any atom is 0.271 e. The van der Waals surface area contributed by atoms with E-state index >= 15 is 0 Å². The number of amides is 2. The van der Waals surface area contributed by atoms with Gasteiger partial charge < -0.3 is 14.5 Å². The molecule has 2 N–H and O–H groups in total. The Balaban J connectivity index is 1.25. The van der Waals surface area contributed by atoms with E-state index in [4.69, 9.17) is 9.15 Å². The second-order valence-electron chi connectivity index (χ2n) is 8.72. The zero-order valence-electron chi connectivity index (χ0n) is 21.7. The van der Waals surface area contributed by atoms with Gasteiger partial charge in [0.1, 0.15) is 11.5 Å². The van der Waals surface area contributed by atoms with Gasteiger partial charge in [0.15, 0.2) is 6.61 Å². The Labute approximate surface area is 232 Å². The fourth-order valence-electron chi connectivity index (χ4n) is 3.60. The highest BCUT2D eigenvalue weighted by atomic mass is 32.2. The molecule has 0 aliphatic heterocycles. The molecule has 40 heavy (non-hydrogen) atoms. The molecule has 4 aromatic rings. The van der Waals surface area contributed by atoms with E-state index in [0.717, 1.165) is 11.8 Å². The molecule has 10 nitrogen and oxygen atoms in total. The summed E-state index contributed by atoms with van der Waals surface area (Å²) in [5, 5.41) is 6.68. The van der Waals surface area contributed by atoms with Crippen molar-refractivity contribution in [1.82, 2.24) is 10.7 Å². The molecule has 0 saturated carbocycles. The Bertz CT molecular complexity index is 1540. The Hall–Kier alpha value is -4.90. The third kappa shape index (κ3) is 8.30. The van der Waals surface area contributed by atoms with Crippen LogP contribution in [0.1, 0.15) is 27.2 Å². The topological polar surface area (TPSA) is 130 Å². The Morgan fingerprint density at radius 1 is 0.950 bits per heavy atom. The van der Waals surface area contributed by atoms with Crippen molar-refractivity contribution in [1.29, 1.82) is 0 Å². The minimum atomic E-state index is -3.50. The lowest BCUT2D eigenvalue weighted by Crippen LogP contribution is -2.29. The summed E-state index contributed by atoms with van der Waals surface area (Å²) in [5.74, 6) is 0.477. The van der Waals surface area contributed by atoms with Crippen LogP contribution >= 0.6 is 0 Å². The number of hydrogen-bond donors (Lipinski definition) is 2. The molecule has 0 aliphatic carbocycles. The number of sulfonamides is 1. The van der Waals surface area contributed by atoms with E-state index in [1.807, 2.05) is 6.07 Å². The van der Waals surface area contributed by atoms with Gasteiger partial charge in [0.25, 0.3) is 11.8 Å². The molecule has 0 saturated heterocycles. The van der Waals surface area contributed by atoms with Crippen molar-refractivity contribution in [2.45, 2.75) is 13.1 Å². The standard InChI is InChI=1S/C29H28N4O6S/c1-40(36,37)33(25-6-3-2-4-7-25)20-23-9-13-24(14-10-23)29(35)32-31-18-22-11-15-26(16-12-22)39-21-28(34)30-19-27-8-5-17-38-27/h2-18H,19-21H2,1H3,(H,30,34)(H,32,35)/b31-18-. The predicted molar refractivity (Wildman–Crippen MR) is 151 cm³/mol. The maximum absolute atomic E-state index is 12.5. The molecule has 0 spiro atoms. The summed E-state index contributed by atoms with van der Waals surface area (Å²) in [6.07, 6.45) is 4.18. The Kier molecular flexibility index (Phi) is 9.31. The van der Waals surface area contributed by atoms with Crippen LogP contribution in [0.15, 0.2) is 107 Å². The number of carbonyl (C=O) groups excluding carboxylic acids is 2. The molecule has 11 heteroatoms. The number of para-hydroxylation sites is 1. The summed E-state index contributed by atoms with van der Waals surface area (Å²) in [6.45, 7) is 0.288. The second kappa shape index (κ2) is 13.3. The van der Waals surface area contributed by atoms with E-state index < -0.39 is 15.9 Å². The fourth-order valence-corrected chi connectivity index (χ4v) is 4.49. The third-order valence-corrected chi connectivity index (χ3v) is 6.80. The molecule has 1 heterocycles. The average Bonchev–Trinajstić information content (AvgIpc) is 3.48. The van der Waals surface area contributed by atoms with Gasteiger partial charge >= 0.3 is 0 Å². The largest absolute Gasteiger partial charge is 0.484 e. The molecule has 206 valence electrons. The van der Waals surface area contributed by atoms with E-state index in [1.165, 1.54) is 16.8 Å². The van der Waals surface area contributed by atoms with Gasteiger partial charge in [0.2, 0.25) is 10.0 Å². The lowest BCUT2D eigenvalue weighted by molar-refractivity contribution is -0.123. The molecule has 2 amide bonds. The van der Waals surface area contributed by atoms with E-state index in [0.29, 0.717) is 28.3 Å². The number of benzene rings is 3. The number of hydrogen-bond acceptors (Lipinski definition) is 7. The van der Waals surface area contributed by atoms with E-state index in [9.17, 15) is 18.0 Å². The van der Waals surface area contributed by atoms with E-state index in [-0.39, 0.29) is 25.6 Å². The molecule has 1 aromatic heterocycles. The van der Waals surface area contributed by atoms with Crippen LogP contribution in [0.3, 0.4) is 0 Å². The average molecular weight is 561 g/mol. The molecule has 0 aliphatic rings. The Morgan fingerprint density at radius 3 is 2.33 bits per heavy atom. The lowest BCUT2D eigenvalue weighted by atomic mass is 10.1. The van der Waals surface area contributed by atoms with Crippen molar-refractivity contribution in [2.24, 2.45) is 5.10 Å². The van der Waals surface area contributed by atoms with Gasteiger partial charge in [-0.25, -0.2) is 13.8 Å². The number of carbonyl (C=O) groups is 2. The number of rotatable bonds is 12. The van der Waals surface area contributed by atoms with Crippen LogP contribution in [-0.4, -0.2) is 39.3 Å². The van der Waals surface area contributed by atoms with Crippen molar-refractivity contribution in [2.75, 3.05) is 17.2 Å². The molecule has 0 bridgehead atoms. The number of nitrogens with zero attached hydrogens (tertiary/aromatic N) is 2. The highest BCUT2D eigenvalue weighted by Gasteiger charge is 2.17. The molecule has 4 rings (SSSR count). The summed E-state index contributed by atoms with van der Waals surface area (Å²) in [6, 6.07) is 25.8. The third-order valence-electron chi connectivity index (χ3n) is 5.66. The van der Waals surface area contributed by atoms with Crippen molar-refractivity contribution >= 4 is 33.7 Å². The number of anilines is 1. The van der Waals surface area contributed by atoms with Crippen LogP contribution in [0, 0.1) is 0 Å². The quantitative estimate of drug-likeness (QED) is 0.201. The number of hydrazone groups is 1. The lowest BCUT2D eigenvalue weighted by Gasteiger charge is -2.22. The van der Waals surface area contributed by atoms with Crippen molar-refractivity contribution in [3.8, 4) is 5.75 Å². The maximum atomic E-state index is 12.5. The SMILES string of the molecule is CS(=O)(=O)N(Cc1ccc(C(=O)N/N=C\c2ccc(OCC(=O)NCc3ccco3)cc2)cc1)c1ccccc1. The molecule has 0 unspecified atom stereocenters. The van der Waals surface area contributed by atoms with Gasteiger partial charge in [-0.1, -0.05) is 30.3 Å². The molecule has 3 aromatic carbocycles. The second-order valence-corrected chi connectivity index (χ2v) is 10.6. The van der Waals surface area contributed by atoms with E-state index in [1.54, 1.807) is 84.9 Å². The molecule has 0 fully saturated rings. The predicted octanol–water partition coefficient (Wildman–Crippen LogP) is 3.70. The number of furan rings is 1. The summed E-state index contributed by atoms with van der Waals surface area (Å²) in [4.78, 5) is 24.4. The van der Waals surface area contributed by atoms with Crippen LogP contribution in [0.4, 0.5) is 5.69 Å². The van der Waals surface area contributed by atoms with Gasteiger partial charge in [0.05, 0.1) is 37.5 Å². The van der Waals surface area contributed by atoms with Crippen molar-refractivity contribution < 1.29 is 27.2 Å². The smallest absolute Gasteiger partial charge is 0.271 e. The first-order chi connectivity index (χ1) is 19.3. The first-order valence-corrected chi connectivity index (χ1v) is 14.1. The van der Waals surface area contributed by atoms with Crippen molar-refractivity contribution in [3.05, 3.63) is 120 Å². The zero-order valence-corrected chi connectivity index (χ0v) is 22.5. The summed E-state index contributed by atoms with van der Waals surface area (Å²) in [7, 11) is -3.50. The monoisotopic (exact) mass is 560 g/mol. The zero-order chi connectivity index (χ0) is 28.4. The summed E-state index contributed by atoms with van der Waals surface area (Å²) >= 11 is 0. The van der Waals surface area contributed by atoms with E-state index in [2.05, 4.69) is 15.8 Å². The van der Waals surface area contributed by atoms with Crippen LogP contribution in [0.25, 0.3) is 0 Å². The normalized spacial score (nSPS) is 11.2. The van der Waals surface area contributed by atoms with Gasteiger partial charge in [-0.3, -0.25) is 13.9 Å².